The lowest BCUT2D eigenvalue weighted by atomic mass is 10.0. The van der Waals surface area contributed by atoms with Crippen molar-refractivity contribution in [3.05, 3.63) is 72.9 Å². The highest BCUT2D eigenvalue weighted by atomic mass is 31.2. The first-order chi connectivity index (χ1) is 26.4. The Labute approximate surface area is 336 Å². The number of nitrogens with zero attached hydrogens (tertiary/aromatic N) is 1. The van der Waals surface area contributed by atoms with Crippen molar-refractivity contribution in [2.45, 2.75) is 167 Å². The number of aliphatic hydroxyl groups excluding tert-OH is 2. The van der Waals surface area contributed by atoms with Crippen LogP contribution in [0.2, 0.25) is 0 Å². The SMILES string of the molecule is CC/C=C\C(O)C/C=C/C=C\C/C=C\C/C=C\CCCC(=O)N[C@@H](COP(=O)(O)OCC[N+](C)(C)C)[C@H](O)/C=C/CCCCCCCCCCCCCCC. The maximum absolute atomic E-state index is 12.8. The Kier molecular flexibility index (Phi) is 34.9. The van der Waals surface area contributed by atoms with Gasteiger partial charge in [-0.2, -0.15) is 0 Å². The molecule has 0 radical (unpaired) electrons. The van der Waals surface area contributed by atoms with Gasteiger partial charge in [0.1, 0.15) is 13.2 Å². The fourth-order valence-corrected chi connectivity index (χ4v) is 6.30. The second kappa shape index (κ2) is 36.3. The van der Waals surface area contributed by atoms with E-state index in [-0.39, 0.29) is 25.5 Å². The van der Waals surface area contributed by atoms with Crippen molar-refractivity contribution < 1.29 is 38.0 Å². The lowest BCUT2D eigenvalue weighted by Gasteiger charge is -2.25. The fourth-order valence-electron chi connectivity index (χ4n) is 5.57. The molecule has 0 saturated heterocycles. The summed E-state index contributed by atoms with van der Waals surface area (Å²) in [6.07, 6.45) is 44.6. The number of allylic oxidation sites excluding steroid dienone is 9. The van der Waals surface area contributed by atoms with Crippen LogP contribution >= 0.6 is 7.82 Å². The second-order valence-electron chi connectivity index (χ2n) is 15.5. The quantitative estimate of drug-likeness (QED) is 0.0162. The van der Waals surface area contributed by atoms with Crippen LogP contribution in [0.1, 0.15) is 149 Å². The number of aliphatic hydroxyl groups is 2. The summed E-state index contributed by atoms with van der Waals surface area (Å²) < 4.78 is 23.5. The molecule has 318 valence electrons. The van der Waals surface area contributed by atoms with Crippen molar-refractivity contribution >= 4 is 13.7 Å². The van der Waals surface area contributed by atoms with Gasteiger partial charge in [-0.05, 0) is 51.4 Å². The first-order valence-electron chi connectivity index (χ1n) is 21.4. The third-order valence-electron chi connectivity index (χ3n) is 9.01. The highest BCUT2D eigenvalue weighted by molar-refractivity contribution is 7.47. The monoisotopic (exact) mass is 794 g/mol. The Morgan fingerprint density at radius 3 is 1.87 bits per heavy atom. The van der Waals surface area contributed by atoms with E-state index in [0.717, 1.165) is 44.9 Å². The Bertz CT molecular complexity index is 1140. The minimum Gasteiger partial charge on any atom is -0.389 e. The molecular formula is C45H82N2O7P+. The van der Waals surface area contributed by atoms with Crippen LogP contribution in [0.5, 0.6) is 0 Å². The number of carbonyl (C=O) groups excluding carboxylic acids is 1. The van der Waals surface area contributed by atoms with Gasteiger partial charge >= 0.3 is 7.82 Å². The van der Waals surface area contributed by atoms with Crippen molar-refractivity contribution in [2.24, 2.45) is 0 Å². The number of phosphoric ester groups is 1. The molecule has 0 fully saturated rings. The van der Waals surface area contributed by atoms with Gasteiger partial charge in [-0.3, -0.25) is 13.8 Å². The number of hydrogen-bond donors (Lipinski definition) is 4. The van der Waals surface area contributed by atoms with Gasteiger partial charge in [-0.25, -0.2) is 4.57 Å². The highest BCUT2D eigenvalue weighted by Gasteiger charge is 2.27. The molecule has 0 aromatic heterocycles. The highest BCUT2D eigenvalue weighted by Crippen LogP contribution is 2.43. The number of hydrogen-bond acceptors (Lipinski definition) is 6. The average molecular weight is 794 g/mol. The summed E-state index contributed by atoms with van der Waals surface area (Å²) in [5, 5.41) is 23.5. The van der Waals surface area contributed by atoms with Gasteiger partial charge in [-0.1, -0.05) is 164 Å². The van der Waals surface area contributed by atoms with E-state index >= 15 is 0 Å². The smallest absolute Gasteiger partial charge is 0.389 e. The van der Waals surface area contributed by atoms with Gasteiger partial charge in [0.2, 0.25) is 5.91 Å². The zero-order chi connectivity index (χ0) is 40.9. The molecule has 0 spiro atoms. The van der Waals surface area contributed by atoms with Crippen LogP contribution in [-0.2, 0) is 18.4 Å². The van der Waals surface area contributed by atoms with Crippen LogP contribution in [0.4, 0.5) is 0 Å². The normalized spacial score (nSPS) is 15.7. The molecule has 0 aliphatic rings. The summed E-state index contributed by atoms with van der Waals surface area (Å²) in [5.41, 5.74) is 0. The standard InChI is InChI=1S/C45H81N2O7P/c1-6-8-10-11-12-13-14-15-16-17-21-24-27-30-33-37-44(49)43(41-54-55(51,52)53-40-39-47(3,4)5)46-45(50)38-34-31-28-25-22-19-18-20-23-26-29-32-36-42(48)35-9-7-2/h9,18-19,23,25-26,28-29,32-33,35,37,42-44,48-49H,6-8,10-17,20-22,24,27,30-31,34,36,38-41H2,1-5H3,(H-,46,50,51,52)/p+1/b19-18-,26-23-,28-25-,32-29+,35-9-,37-33+/t42?,43-,44+/m0/s1. The summed E-state index contributed by atoms with van der Waals surface area (Å²) in [6.45, 7) is 4.50. The topological polar surface area (TPSA) is 125 Å². The van der Waals surface area contributed by atoms with Gasteiger partial charge in [-0.15, -0.1) is 0 Å². The van der Waals surface area contributed by atoms with E-state index in [9.17, 15) is 24.5 Å². The number of unbranched alkanes of at least 4 members (excludes halogenated alkanes) is 14. The molecule has 4 atom stereocenters. The van der Waals surface area contributed by atoms with Crippen molar-refractivity contribution in [3.8, 4) is 0 Å². The number of likely N-dealkylation sites (N-methyl/N-ethyl adjacent to an activating group) is 1. The number of nitrogens with one attached hydrogen (secondary N) is 1. The molecule has 0 bridgehead atoms. The van der Waals surface area contributed by atoms with E-state index in [1.165, 1.54) is 70.6 Å². The summed E-state index contributed by atoms with van der Waals surface area (Å²) in [7, 11) is 1.50. The van der Waals surface area contributed by atoms with Crippen LogP contribution in [0, 0.1) is 0 Å². The molecule has 0 saturated carbocycles. The Hall–Kier alpha value is -2.10. The Morgan fingerprint density at radius 2 is 1.25 bits per heavy atom. The summed E-state index contributed by atoms with van der Waals surface area (Å²) >= 11 is 0. The Morgan fingerprint density at radius 1 is 0.691 bits per heavy atom. The van der Waals surface area contributed by atoms with Crippen molar-refractivity contribution in [3.63, 3.8) is 0 Å². The molecular weight excluding hydrogens is 711 g/mol. The minimum atomic E-state index is -4.36. The lowest BCUT2D eigenvalue weighted by molar-refractivity contribution is -0.870. The van der Waals surface area contributed by atoms with E-state index in [1.54, 1.807) is 6.08 Å². The van der Waals surface area contributed by atoms with E-state index in [4.69, 9.17) is 9.05 Å². The largest absolute Gasteiger partial charge is 0.472 e. The Balaban J connectivity index is 4.62. The fraction of sp³-hybridized carbons (Fsp3) is 0.711. The van der Waals surface area contributed by atoms with Crippen LogP contribution in [-0.4, -0.2) is 84.6 Å². The van der Waals surface area contributed by atoms with E-state index in [0.29, 0.717) is 23.9 Å². The number of carbonyl (C=O) groups is 1. The van der Waals surface area contributed by atoms with Crippen LogP contribution in [0.3, 0.4) is 0 Å². The molecule has 4 N–H and O–H groups in total. The van der Waals surface area contributed by atoms with E-state index in [2.05, 4.69) is 42.6 Å². The van der Waals surface area contributed by atoms with Gasteiger partial charge in [0, 0.05) is 6.42 Å². The molecule has 55 heavy (non-hydrogen) atoms. The van der Waals surface area contributed by atoms with Gasteiger partial charge in [0.25, 0.3) is 0 Å². The summed E-state index contributed by atoms with van der Waals surface area (Å²) in [4.78, 5) is 23.1. The number of rotatable bonds is 37. The van der Waals surface area contributed by atoms with Crippen LogP contribution < -0.4 is 5.32 Å². The summed E-state index contributed by atoms with van der Waals surface area (Å²) in [6, 6.07) is -0.891. The van der Waals surface area contributed by atoms with Crippen LogP contribution in [0.15, 0.2) is 72.9 Å². The number of quaternary nitrogens is 1. The first-order valence-corrected chi connectivity index (χ1v) is 22.9. The minimum absolute atomic E-state index is 0.0396. The zero-order valence-electron chi connectivity index (χ0n) is 35.5. The predicted octanol–water partition coefficient (Wildman–Crippen LogP) is 10.6. The molecule has 10 heteroatoms. The third kappa shape index (κ3) is 38.5. The zero-order valence-corrected chi connectivity index (χ0v) is 36.4. The molecule has 0 heterocycles. The molecule has 0 rings (SSSR count). The molecule has 0 aromatic carbocycles. The molecule has 0 aliphatic carbocycles. The molecule has 1 amide bonds. The van der Waals surface area contributed by atoms with Gasteiger partial charge < -0.3 is 24.9 Å². The summed E-state index contributed by atoms with van der Waals surface area (Å²) in [5.74, 6) is -0.252. The first kappa shape index (κ1) is 52.9. The second-order valence-corrected chi connectivity index (χ2v) is 17.0. The van der Waals surface area contributed by atoms with Gasteiger partial charge in [0.05, 0.1) is 46.0 Å². The number of phosphoric acid groups is 1. The number of amides is 1. The predicted molar refractivity (Wildman–Crippen MR) is 232 cm³/mol. The maximum atomic E-state index is 12.8. The molecule has 0 aliphatic heterocycles. The third-order valence-corrected chi connectivity index (χ3v) is 9.99. The average Bonchev–Trinajstić information content (AvgIpc) is 3.13. The van der Waals surface area contributed by atoms with Crippen molar-refractivity contribution in [1.82, 2.24) is 5.32 Å². The van der Waals surface area contributed by atoms with Crippen LogP contribution in [0.25, 0.3) is 0 Å². The molecule has 2 unspecified atom stereocenters. The lowest BCUT2D eigenvalue weighted by Crippen LogP contribution is -2.45. The van der Waals surface area contributed by atoms with Crippen molar-refractivity contribution in [1.29, 1.82) is 0 Å². The van der Waals surface area contributed by atoms with E-state index in [1.807, 2.05) is 64.5 Å². The van der Waals surface area contributed by atoms with Crippen molar-refractivity contribution in [2.75, 3.05) is 40.9 Å². The molecule has 0 aromatic rings. The molecule has 9 nitrogen and oxygen atoms in total. The van der Waals surface area contributed by atoms with Gasteiger partial charge in [0.15, 0.2) is 0 Å². The van der Waals surface area contributed by atoms with E-state index < -0.39 is 26.1 Å². The maximum Gasteiger partial charge on any atom is 0.472 e.